The van der Waals surface area contributed by atoms with Gasteiger partial charge in [0.25, 0.3) is 5.89 Å². The van der Waals surface area contributed by atoms with Gasteiger partial charge in [-0.2, -0.15) is 13.6 Å². The molecule has 1 aliphatic heterocycles. The van der Waals surface area contributed by atoms with Crippen molar-refractivity contribution in [2.75, 3.05) is 25.4 Å². The molecule has 5 rings (SSSR count). The minimum absolute atomic E-state index is 0.128. The first-order chi connectivity index (χ1) is 18.2. The lowest BCUT2D eigenvalue weighted by atomic mass is 10.0. The second-order valence-electron chi connectivity index (χ2n) is 8.24. The standard InChI is InChI=1S/C22H18F4N8O4/c23-14-5-11(20-29-30-21(38-20)18(25)26)6-15(24)13(14)8-34-31-19(28-32-34)10-1-2-12(16(27)7-10)17-9-33(22(35)36)3-4-37-17/h1-2,5-7,17-18H,3-4,8-9,27H2,(H,35,36). The molecule has 0 radical (unpaired) electrons. The number of alkyl halides is 2. The van der Waals surface area contributed by atoms with Crippen LogP contribution in [-0.2, 0) is 11.3 Å². The fourth-order valence-corrected chi connectivity index (χ4v) is 3.90. The third kappa shape index (κ3) is 4.97. The molecule has 3 heterocycles. The van der Waals surface area contributed by atoms with Crippen molar-refractivity contribution in [3.8, 4) is 22.8 Å². The zero-order valence-electron chi connectivity index (χ0n) is 19.3. The number of hydrogen-bond acceptors (Lipinski definition) is 9. The van der Waals surface area contributed by atoms with Crippen LogP contribution in [0.3, 0.4) is 0 Å². The summed E-state index contributed by atoms with van der Waals surface area (Å²) in [6.45, 7) is 0.194. The lowest BCUT2D eigenvalue weighted by Crippen LogP contribution is -2.41. The highest BCUT2D eigenvalue weighted by Crippen LogP contribution is 2.30. The van der Waals surface area contributed by atoms with E-state index in [1.165, 1.54) is 4.90 Å². The van der Waals surface area contributed by atoms with E-state index in [9.17, 15) is 27.5 Å². The third-order valence-corrected chi connectivity index (χ3v) is 5.80. The van der Waals surface area contributed by atoms with Gasteiger partial charge in [-0.05, 0) is 23.4 Å². The molecular formula is C22H18F4N8O4. The summed E-state index contributed by atoms with van der Waals surface area (Å²) in [4.78, 5) is 13.5. The van der Waals surface area contributed by atoms with Gasteiger partial charge in [-0.15, -0.1) is 20.4 Å². The van der Waals surface area contributed by atoms with E-state index in [1.807, 2.05) is 0 Å². The van der Waals surface area contributed by atoms with Crippen LogP contribution in [0.4, 0.5) is 28.0 Å². The van der Waals surface area contributed by atoms with Crippen LogP contribution < -0.4 is 5.73 Å². The summed E-state index contributed by atoms with van der Waals surface area (Å²) < 4.78 is 65.1. The number of rotatable bonds is 6. The summed E-state index contributed by atoms with van der Waals surface area (Å²) in [5.41, 5.74) is 6.94. The van der Waals surface area contributed by atoms with Gasteiger partial charge in [0.15, 0.2) is 0 Å². The van der Waals surface area contributed by atoms with Crippen LogP contribution in [0.2, 0.25) is 0 Å². The first kappa shape index (κ1) is 25.1. The number of morpholine rings is 1. The molecule has 1 saturated heterocycles. The maximum Gasteiger partial charge on any atom is 0.407 e. The van der Waals surface area contributed by atoms with E-state index >= 15 is 0 Å². The summed E-state index contributed by atoms with van der Waals surface area (Å²) >= 11 is 0. The third-order valence-electron chi connectivity index (χ3n) is 5.80. The predicted octanol–water partition coefficient (Wildman–Crippen LogP) is 3.29. The van der Waals surface area contributed by atoms with Crippen LogP contribution in [0, 0.1) is 11.6 Å². The van der Waals surface area contributed by atoms with Crippen molar-refractivity contribution in [2.45, 2.75) is 19.1 Å². The van der Waals surface area contributed by atoms with Crippen molar-refractivity contribution in [1.82, 2.24) is 35.3 Å². The largest absolute Gasteiger partial charge is 0.465 e. The van der Waals surface area contributed by atoms with Crippen LogP contribution in [-0.4, -0.2) is 66.2 Å². The molecule has 1 atom stereocenters. The Morgan fingerprint density at radius 3 is 2.55 bits per heavy atom. The Labute approximate surface area is 210 Å². The van der Waals surface area contributed by atoms with Gasteiger partial charge in [-0.25, -0.2) is 13.6 Å². The molecule has 1 amide bonds. The van der Waals surface area contributed by atoms with E-state index in [-0.39, 0.29) is 31.1 Å². The molecule has 2 aromatic heterocycles. The van der Waals surface area contributed by atoms with E-state index in [1.54, 1.807) is 18.2 Å². The van der Waals surface area contributed by atoms with Crippen molar-refractivity contribution in [1.29, 1.82) is 0 Å². The number of nitrogens with zero attached hydrogens (tertiary/aromatic N) is 7. The summed E-state index contributed by atoms with van der Waals surface area (Å²) in [7, 11) is 0. The highest BCUT2D eigenvalue weighted by Gasteiger charge is 2.27. The molecule has 1 unspecified atom stereocenters. The molecule has 0 bridgehead atoms. The smallest absolute Gasteiger partial charge is 0.407 e. The molecule has 38 heavy (non-hydrogen) atoms. The van der Waals surface area contributed by atoms with E-state index in [0.29, 0.717) is 16.8 Å². The molecule has 0 saturated carbocycles. The van der Waals surface area contributed by atoms with Crippen LogP contribution in [0.5, 0.6) is 0 Å². The van der Waals surface area contributed by atoms with Gasteiger partial charge in [0.2, 0.25) is 11.7 Å². The van der Waals surface area contributed by atoms with E-state index in [4.69, 9.17) is 14.9 Å². The molecular weight excluding hydrogens is 516 g/mol. The maximum atomic E-state index is 14.7. The van der Waals surface area contributed by atoms with Crippen LogP contribution >= 0.6 is 0 Å². The second-order valence-corrected chi connectivity index (χ2v) is 8.24. The zero-order valence-corrected chi connectivity index (χ0v) is 19.3. The summed E-state index contributed by atoms with van der Waals surface area (Å²) in [5, 5.41) is 27.6. The van der Waals surface area contributed by atoms with Crippen molar-refractivity contribution >= 4 is 11.8 Å². The van der Waals surface area contributed by atoms with Gasteiger partial charge < -0.3 is 24.9 Å². The van der Waals surface area contributed by atoms with Crippen LogP contribution in [0.15, 0.2) is 34.7 Å². The number of amides is 1. The molecule has 12 nitrogen and oxygen atoms in total. The molecule has 3 N–H and O–H groups in total. The van der Waals surface area contributed by atoms with Crippen LogP contribution in [0.1, 0.15) is 29.5 Å². The molecule has 4 aromatic rings. The minimum Gasteiger partial charge on any atom is -0.465 e. The molecule has 16 heteroatoms. The average molecular weight is 534 g/mol. The first-order valence-electron chi connectivity index (χ1n) is 11.1. The van der Waals surface area contributed by atoms with Crippen molar-refractivity contribution in [2.24, 2.45) is 0 Å². The molecule has 0 aliphatic carbocycles. The number of carbonyl (C=O) groups is 1. The Morgan fingerprint density at radius 2 is 1.89 bits per heavy atom. The van der Waals surface area contributed by atoms with Gasteiger partial charge in [0, 0.05) is 34.5 Å². The van der Waals surface area contributed by atoms with E-state index in [0.717, 1.165) is 16.9 Å². The average Bonchev–Trinajstić information content (AvgIpc) is 3.57. The van der Waals surface area contributed by atoms with E-state index in [2.05, 4.69) is 25.6 Å². The Morgan fingerprint density at radius 1 is 1.13 bits per heavy atom. The number of ether oxygens (including phenoxy) is 1. The zero-order chi connectivity index (χ0) is 27.0. The van der Waals surface area contributed by atoms with Gasteiger partial charge >= 0.3 is 12.5 Å². The fraction of sp³-hybridized carbons (Fsp3) is 0.273. The normalized spacial score (nSPS) is 15.8. The SMILES string of the molecule is Nc1cc(-c2nnn(Cc3c(F)cc(-c4nnc(C(F)F)o4)cc3F)n2)ccc1C1CN(C(=O)O)CCO1. The number of tetrazole rings is 1. The predicted molar refractivity (Wildman–Crippen MR) is 120 cm³/mol. The molecule has 1 fully saturated rings. The Bertz CT molecular complexity index is 1470. The number of nitrogens with two attached hydrogens (primary N) is 1. The second kappa shape index (κ2) is 10.0. The topological polar surface area (TPSA) is 158 Å². The van der Waals surface area contributed by atoms with Crippen molar-refractivity contribution in [3.05, 3.63) is 59.0 Å². The summed E-state index contributed by atoms with van der Waals surface area (Å²) in [5.74, 6) is -3.31. The number of carboxylic acid groups (broad SMARTS) is 1. The molecule has 198 valence electrons. The number of aromatic nitrogens is 6. The van der Waals surface area contributed by atoms with Gasteiger partial charge in [-0.3, -0.25) is 0 Å². The van der Waals surface area contributed by atoms with Crippen molar-refractivity contribution in [3.63, 3.8) is 0 Å². The van der Waals surface area contributed by atoms with E-state index < -0.39 is 54.1 Å². The molecule has 2 aromatic carbocycles. The molecule has 1 aliphatic rings. The summed E-state index contributed by atoms with van der Waals surface area (Å²) in [6, 6.07) is 6.61. The first-order valence-corrected chi connectivity index (χ1v) is 11.1. The lowest BCUT2D eigenvalue weighted by Gasteiger charge is -2.31. The van der Waals surface area contributed by atoms with Gasteiger partial charge in [-0.1, -0.05) is 12.1 Å². The Hall–Kier alpha value is -4.60. The monoisotopic (exact) mass is 534 g/mol. The number of nitrogen functional groups attached to an aromatic ring is 1. The number of halogens is 4. The molecule has 0 spiro atoms. The highest BCUT2D eigenvalue weighted by molar-refractivity contribution is 5.66. The number of anilines is 1. The summed E-state index contributed by atoms with van der Waals surface area (Å²) in [6.07, 6.45) is -4.61. The quantitative estimate of drug-likeness (QED) is 0.278. The number of hydrogen-bond donors (Lipinski definition) is 2. The van der Waals surface area contributed by atoms with Crippen LogP contribution in [0.25, 0.3) is 22.8 Å². The Kier molecular flexibility index (Phi) is 6.62. The number of benzene rings is 2. The lowest BCUT2D eigenvalue weighted by molar-refractivity contribution is -0.0228. The fourth-order valence-electron chi connectivity index (χ4n) is 3.90. The minimum atomic E-state index is -3.02. The maximum absolute atomic E-state index is 14.7. The Balaban J connectivity index is 1.32. The van der Waals surface area contributed by atoms with Gasteiger partial charge in [0.1, 0.15) is 17.7 Å². The van der Waals surface area contributed by atoms with Gasteiger partial charge in [0.05, 0.1) is 19.7 Å². The van der Waals surface area contributed by atoms with Crippen molar-refractivity contribution < 1.29 is 36.6 Å². The highest BCUT2D eigenvalue weighted by atomic mass is 19.3.